The number of fused-ring (bicyclic) bond motifs is 5. The third-order valence-corrected chi connectivity index (χ3v) is 4.52. The van der Waals surface area contributed by atoms with Crippen LogP contribution in [0.3, 0.4) is 0 Å². The fourth-order valence-corrected chi connectivity index (χ4v) is 3.56. The van der Waals surface area contributed by atoms with Gasteiger partial charge in [-0.15, -0.1) is 0 Å². The standard InChI is InChI=1S/C21H15NO/c1-2-8-15(9-3-1)20-17-14-23-19-12-5-4-10-16(19)21(17)22-13-7-6-11-18(20)22/h1-13H,14H2. The fourth-order valence-electron chi connectivity index (χ4n) is 3.56. The lowest BCUT2D eigenvalue weighted by atomic mass is 9.97. The lowest BCUT2D eigenvalue weighted by Gasteiger charge is -2.19. The van der Waals surface area contributed by atoms with Crippen LogP contribution in [0.4, 0.5) is 0 Å². The number of rotatable bonds is 1. The van der Waals surface area contributed by atoms with Gasteiger partial charge in [-0.2, -0.15) is 0 Å². The van der Waals surface area contributed by atoms with Crippen LogP contribution in [0.25, 0.3) is 27.9 Å². The van der Waals surface area contributed by atoms with Crippen molar-refractivity contribution in [3.05, 3.63) is 84.6 Å². The van der Waals surface area contributed by atoms with Crippen LogP contribution in [0.15, 0.2) is 79.0 Å². The monoisotopic (exact) mass is 297 g/mol. The summed E-state index contributed by atoms with van der Waals surface area (Å²) in [6.45, 7) is 0.609. The molecule has 110 valence electrons. The van der Waals surface area contributed by atoms with Crippen molar-refractivity contribution in [1.82, 2.24) is 4.40 Å². The maximum atomic E-state index is 6.03. The molecule has 0 fully saturated rings. The third kappa shape index (κ3) is 1.75. The molecule has 4 aromatic rings. The molecule has 0 spiro atoms. The van der Waals surface area contributed by atoms with Gasteiger partial charge < -0.3 is 9.14 Å². The molecule has 23 heavy (non-hydrogen) atoms. The molecule has 2 aromatic heterocycles. The van der Waals surface area contributed by atoms with Gasteiger partial charge in [-0.1, -0.05) is 48.5 Å². The maximum absolute atomic E-state index is 6.03. The van der Waals surface area contributed by atoms with E-state index in [0.29, 0.717) is 6.61 Å². The highest BCUT2D eigenvalue weighted by Gasteiger charge is 2.26. The van der Waals surface area contributed by atoms with Gasteiger partial charge in [0.25, 0.3) is 0 Å². The number of para-hydroxylation sites is 1. The molecule has 1 aliphatic rings. The van der Waals surface area contributed by atoms with Crippen molar-refractivity contribution in [3.8, 4) is 28.1 Å². The molecule has 0 bridgehead atoms. The second kappa shape index (κ2) is 4.75. The Morgan fingerprint density at radius 2 is 1.57 bits per heavy atom. The van der Waals surface area contributed by atoms with Crippen LogP contribution in [-0.2, 0) is 6.61 Å². The lowest BCUT2D eigenvalue weighted by molar-refractivity contribution is 0.302. The van der Waals surface area contributed by atoms with Gasteiger partial charge in [-0.25, -0.2) is 0 Å². The number of benzene rings is 2. The Kier molecular flexibility index (Phi) is 2.59. The summed E-state index contributed by atoms with van der Waals surface area (Å²) in [6, 6.07) is 25.2. The van der Waals surface area contributed by atoms with E-state index in [1.807, 2.05) is 12.1 Å². The first-order valence-corrected chi connectivity index (χ1v) is 7.83. The quantitative estimate of drug-likeness (QED) is 0.473. The van der Waals surface area contributed by atoms with Gasteiger partial charge in [0.05, 0.1) is 11.2 Å². The van der Waals surface area contributed by atoms with Gasteiger partial charge in [-0.05, 0) is 29.8 Å². The van der Waals surface area contributed by atoms with Crippen molar-refractivity contribution < 1.29 is 4.74 Å². The van der Waals surface area contributed by atoms with Crippen LogP contribution in [0.2, 0.25) is 0 Å². The average Bonchev–Trinajstić information content (AvgIpc) is 2.97. The van der Waals surface area contributed by atoms with E-state index in [1.165, 1.54) is 27.9 Å². The normalized spacial score (nSPS) is 12.5. The Bertz CT molecular complexity index is 982. The van der Waals surface area contributed by atoms with Crippen LogP contribution in [0.5, 0.6) is 5.75 Å². The molecule has 2 nitrogen and oxygen atoms in total. The number of aromatic nitrogens is 1. The largest absolute Gasteiger partial charge is 0.488 e. The molecule has 0 saturated carbocycles. The van der Waals surface area contributed by atoms with E-state index in [2.05, 4.69) is 71.3 Å². The van der Waals surface area contributed by atoms with Gasteiger partial charge in [-0.3, -0.25) is 0 Å². The highest BCUT2D eigenvalue weighted by atomic mass is 16.5. The molecular formula is C21H15NO. The first kappa shape index (κ1) is 12.5. The highest BCUT2D eigenvalue weighted by molar-refractivity contribution is 5.92. The van der Waals surface area contributed by atoms with Crippen molar-refractivity contribution in [2.24, 2.45) is 0 Å². The maximum Gasteiger partial charge on any atom is 0.129 e. The van der Waals surface area contributed by atoms with Crippen LogP contribution >= 0.6 is 0 Å². The predicted octanol–water partition coefficient (Wildman–Crippen LogP) is 5.17. The van der Waals surface area contributed by atoms with E-state index in [-0.39, 0.29) is 0 Å². The highest BCUT2D eigenvalue weighted by Crippen LogP contribution is 2.44. The summed E-state index contributed by atoms with van der Waals surface area (Å²) in [5.41, 5.74) is 7.42. The minimum absolute atomic E-state index is 0.609. The predicted molar refractivity (Wildman–Crippen MR) is 92.6 cm³/mol. The summed E-state index contributed by atoms with van der Waals surface area (Å²) in [5, 5.41) is 0. The Hall–Kier alpha value is -3.00. The Labute approximate surface area is 134 Å². The average molecular weight is 297 g/mol. The number of hydrogen-bond acceptors (Lipinski definition) is 1. The first-order valence-electron chi connectivity index (χ1n) is 7.83. The van der Waals surface area contributed by atoms with Gasteiger partial charge in [0.2, 0.25) is 0 Å². The number of nitrogens with zero attached hydrogens (tertiary/aromatic N) is 1. The Balaban J connectivity index is 1.93. The van der Waals surface area contributed by atoms with E-state index >= 15 is 0 Å². The molecule has 0 unspecified atom stereocenters. The summed E-state index contributed by atoms with van der Waals surface area (Å²) in [6.07, 6.45) is 2.14. The van der Waals surface area contributed by atoms with E-state index in [0.717, 1.165) is 11.3 Å². The van der Waals surface area contributed by atoms with Crippen LogP contribution in [0.1, 0.15) is 5.56 Å². The van der Waals surface area contributed by atoms with Crippen LogP contribution < -0.4 is 4.74 Å². The summed E-state index contributed by atoms with van der Waals surface area (Å²) in [4.78, 5) is 0. The third-order valence-electron chi connectivity index (χ3n) is 4.52. The van der Waals surface area contributed by atoms with E-state index < -0.39 is 0 Å². The topological polar surface area (TPSA) is 13.6 Å². The zero-order chi connectivity index (χ0) is 15.2. The van der Waals surface area contributed by atoms with Crippen LogP contribution in [-0.4, -0.2) is 4.40 Å². The molecule has 0 radical (unpaired) electrons. The van der Waals surface area contributed by atoms with Crippen molar-refractivity contribution in [3.63, 3.8) is 0 Å². The van der Waals surface area contributed by atoms with E-state index in [1.54, 1.807) is 0 Å². The first-order chi connectivity index (χ1) is 11.4. The summed E-state index contributed by atoms with van der Waals surface area (Å²) >= 11 is 0. The molecule has 3 heterocycles. The fraction of sp³-hybridized carbons (Fsp3) is 0.0476. The second-order valence-corrected chi connectivity index (χ2v) is 5.81. The second-order valence-electron chi connectivity index (χ2n) is 5.81. The number of hydrogen-bond donors (Lipinski definition) is 0. The smallest absolute Gasteiger partial charge is 0.129 e. The minimum atomic E-state index is 0.609. The van der Waals surface area contributed by atoms with Crippen LogP contribution in [0, 0.1) is 0 Å². The lowest BCUT2D eigenvalue weighted by Crippen LogP contribution is -2.05. The molecule has 2 heteroatoms. The Morgan fingerprint density at radius 1 is 0.783 bits per heavy atom. The molecule has 1 aliphatic heterocycles. The number of pyridine rings is 1. The summed E-state index contributed by atoms with van der Waals surface area (Å²) in [7, 11) is 0. The molecule has 0 N–H and O–H groups in total. The number of ether oxygens (including phenoxy) is 1. The summed E-state index contributed by atoms with van der Waals surface area (Å²) in [5.74, 6) is 0.961. The van der Waals surface area contributed by atoms with Gasteiger partial charge in [0, 0.05) is 22.9 Å². The SMILES string of the molecule is c1ccc(-c2c3c(n4ccccc24)-c2ccccc2OC3)cc1. The zero-order valence-corrected chi connectivity index (χ0v) is 12.6. The van der Waals surface area contributed by atoms with Crippen molar-refractivity contribution in [2.75, 3.05) is 0 Å². The van der Waals surface area contributed by atoms with Crippen molar-refractivity contribution in [2.45, 2.75) is 6.61 Å². The molecule has 5 rings (SSSR count). The molecule has 0 saturated heterocycles. The molecule has 0 atom stereocenters. The van der Waals surface area contributed by atoms with Crippen molar-refractivity contribution >= 4 is 5.52 Å². The molecular weight excluding hydrogens is 282 g/mol. The minimum Gasteiger partial charge on any atom is -0.488 e. The van der Waals surface area contributed by atoms with Crippen molar-refractivity contribution in [1.29, 1.82) is 0 Å². The van der Waals surface area contributed by atoms with Gasteiger partial charge in [0.1, 0.15) is 12.4 Å². The summed E-state index contributed by atoms with van der Waals surface area (Å²) < 4.78 is 8.32. The van der Waals surface area contributed by atoms with E-state index in [9.17, 15) is 0 Å². The van der Waals surface area contributed by atoms with E-state index in [4.69, 9.17) is 4.74 Å². The van der Waals surface area contributed by atoms with Gasteiger partial charge >= 0.3 is 0 Å². The molecule has 0 amide bonds. The molecule has 2 aromatic carbocycles. The zero-order valence-electron chi connectivity index (χ0n) is 12.6. The Morgan fingerprint density at radius 3 is 2.48 bits per heavy atom. The molecule has 0 aliphatic carbocycles. The van der Waals surface area contributed by atoms with Gasteiger partial charge in [0.15, 0.2) is 0 Å².